The van der Waals surface area contributed by atoms with E-state index in [9.17, 15) is 22.8 Å². The van der Waals surface area contributed by atoms with Crippen molar-refractivity contribution in [1.82, 2.24) is 20.4 Å². The number of hydrogen-bond acceptors (Lipinski definition) is 6. The van der Waals surface area contributed by atoms with E-state index in [2.05, 4.69) is 31.8 Å². The van der Waals surface area contributed by atoms with Crippen molar-refractivity contribution < 1.29 is 22.8 Å². The topological polar surface area (TPSA) is 87.2 Å². The molecule has 7 nitrogen and oxygen atoms in total. The first kappa shape index (κ1) is 25.4. The van der Waals surface area contributed by atoms with Crippen LogP contribution in [0, 0.1) is 29.1 Å². The van der Waals surface area contributed by atoms with E-state index in [1.807, 2.05) is 6.08 Å². The number of amides is 2. The third-order valence-electron chi connectivity index (χ3n) is 7.74. The van der Waals surface area contributed by atoms with E-state index < -0.39 is 28.9 Å². The third-order valence-corrected chi connectivity index (χ3v) is 8.63. The van der Waals surface area contributed by atoms with Gasteiger partial charge in [0.1, 0.15) is 0 Å². The Kier molecular flexibility index (Phi) is 7.26. The minimum absolute atomic E-state index is 0. The number of unbranched alkanes of at least 4 members (excludes halogenated alkanes) is 1. The highest BCUT2D eigenvalue weighted by Crippen LogP contribution is 2.72. The van der Waals surface area contributed by atoms with Gasteiger partial charge in [-0.15, -0.1) is 22.6 Å². The van der Waals surface area contributed by atoms with Crippen LogP contribution in [-0.4, -0.2) is 53.1 Å². The molecule has 2 heterocycles. The van der Waals surface area contributed by atoms with Crippen LogP contribution < -0.4 is 10.6 Å². The molecule has 2 bridgehead atoms. The highest BCUT2D eigenvalue weighted by atomic mass is 35.5. The van der Waals surface area contributed by atoms with Crippen LogP contribution in [0.1, 0.15) is 43.5 Å². The van der Waals surface area contributed by atoms with Crippen LogP contribution in [0.25, 0.3) is 0 Å². The van der Waals surface area contributed by atoms with Gasteiger partial charge in [0.05, 0.1) is 11.8 Å². The average molecular weight is 520 g/mol. The number of anilines is 1. The monoisotopic (exact) mass is 519 g/mol. The zero-order valence-corrected chi connectivity index (χ0v) is 20.3. The molecule has 2 amide bonds. The summed E-state index contributed by atoms with van der Waals surface area (Å²) in [6.07, 6.45) is 5.82. The van der Waals surface area contributed by atoms with Gasteiger partial charge in [-0.1, -0.05) is 23.5 Å². The number of rotatable bonds is 8. The summed E-state index contributed by atoms with van der Waals surface area (Å²) in [6, 6.07) is 0. The Morgan fingerprint density at radius 1 is 1.06 bits per heavy atom. The molecule has 0 aromatic carbocycles. The van der Waals surface area contributed by atoms with Gasteiger partial charge in [0, 0.05) is 6.54 Å². The zero-order chi connectivity index (χ0) is 23.2. The predicted octanol–water partition coefficient (Wildman–Crippen LogP) is 3.74. The van der Waals surface area contributed by atoms with Crippen LogP contribution in [0.15, 0.2) is 12.2 Å². The minimum atomic E-state index is -4.61. The summed E-state index contributed by atoms with van der Waals surface area (Å²) in [5.41, 5.74) is -0.0436. The Morgan fingerprint density at radius 2 is 1.71 bits per heavy atom. The molecule has 3 fully saturated rings. The van der Waals surface area contributed by atoms with E-state index in [1.54, 1.807) is 0 Å². The highest BCUT2D eigenvalue weighted by Gasteiger charge is 2.69. The second-order valence-electron chi connectivity index (χ2n) is 9.67. The van der Waals surface area contributed by atoms with Crippen LogP contribution >= 0.6 is 23.7 Å². The second kappa shape index (κ2) is 9.73. The fourth-order valence-corrected chi connectivity index (χ4v) is 6.70. The molecule has 1 spiro atoms. The van der Waals surface area contributed by atoms with Gasteiger partial charge in [-0.25, -0.2) is 0 Å². The Labute approximate surface area is 206 Å². The molecule has 188 valence electrons. The number of carbonyl (C=O) groups excluding carboxylic acids is 2. The number of likely N-dealkylation sites (tertiary alicyclic amines) is 1. The Balaban J connectivity index is 0.00000274. The van der Waals surface area contributed by atoms with Crippen molar-refractivity contribution in [2.24, 2.45) is 29.1 Å². The van der Waals surface area contributed by atoms with Crippen molar-refractivity contribution in [1.29, 1.82) is 0 Å². The lowest BCUT2D eigenvalue weighted by atomic mass is 9.81. The maximum absolute atomic E-state index is 13.2. The maximum Gasteiger partial charge on any atom is 0.445 e. The van der Waals surface area contributed by atoms with E-state index in [-0.39, 0.29) is 40.7 Å². The molecule has 4 atom stereocenters. The maximum atomic E-state index is 13.2. The van der Waals surface area contributed by atoms with Crippen molar-refractivity contribution in [3.05, 3.63) is 17.2 Å². The van der Waals surface area contributed by atoms with Gasteiger partial charge >= 0.3 is 6.18 Å². The molecule has 0 unspecified atom stereocenters. The summed E-state index contributed by atoms with van der Waals surface area (Å²) >= 11 is 0.300. The lowest BCUT2D eigenvalue weighted by molar-refractivity contribution is -0.138. The summed E-state index contributed by atoms with van der Waals surface area (Å²) < 4.78 is 38.5. The molecule has 2 N–H and O–H groups in total. The first-order valence-electron chi connectivity index (χ1n) is 11.7. The van der Waals surface area contributed by atoms with Gasteiger partial charge in [0.15, 0.2) is 0 Å². The van der Waals surface area contributed by atoms with Gasteiger partial charge < -0.3 is 15.5 Å². The molecular formula is C22H29ClF3N5O2S. The van der Waals surface area contributed by atoms with E-state index in [4.69, 9.17) is 0 Å². The standard InChI is InChI=1S/C22H28F3N5O2S.ClH/c23-22(24,25)19-28-29-20(33-19)27-18(32)16-14-6-5-13(21(14)7-8-21)15(16)17(31)26-9-1-2-10-30-11-3-4-12-30;/h5-6,13-16H,1-4,7-12H2,(H,26,31)(H,27,29,32);1H/t13-,14+,15-,16-;/m1./s1. The number of nitrogens with one attached hydrogen (secondary N) is 2. The minimum Gasteiger partial charge on any atom is -0.356 e. The van der Waals surface area contributed by atoms with E-state index in [1.165, 1.54) is 12.8 Å². The number of allylic oxidation sites excluding steroid dienone is 2. The second-order valence-corrected chi connectivity index (χ2v) is 10.6. The quantitative estimate of drug-likeness (QED) is 0.403. The Bertz CT molecular complexity index is 945. The fourth-order valence-electron chi connectivity index (χ4n) is 6.08. The molecule has 1 aromatic heterocycles. The molecular weight excluding hydrogens is 491 g/mol. The van der Waals surface area contributed by atoms with Crippen molar-refractivity contribution in [3.8, 4) is 0 Å². The summed E-state index contributed by atoms with van der Waals surface area (Å²) in [7, 11) is 0. The fraction of sp³-hybridized carbons (Fsp3) is 0.727. The lowest BCUT2D eigenvalue weighted by Crippen LogP contribution is -2.42. The molecule has 1 aliphatic heterocycles. The molecule has 3 aliphatic carbocycles. The van der Waals surface area contributed by atoms with Crippen molar-refractivity contribution in [3.63, 3.8) is 0 Å². The Hall–Kier alpha value is -1.72. The zero-order valence-electron chi connectivity index (χ0n) is 18.6. The van der Waals surface area contributed by atoms with Gasteiger partial charge in [-0.05, 0) is 75.4 Å². The number of alkyl halides is 3. The number of halogens is 4. The van der Waals surface area contributed by atoms with Gasteiger partial charge in [-0.2, -0.15) is 13.2 Å². The summed E-state index contributed by atoms with van der Waals surface area (Å²) in [5, 5.41) is 10.8. The number of hydrogen-bond donors (Lipinski definition) is 2. The van der Waals surface area contributed by atoms with Crippen LogP contribution in [0.3, 0.4) is 0 Å². The average Bonchev–Trinajstić information content (AvgIpc) is 3.11. The largest absolute Gasteiger partial charge is 0.445 e. The number of nitrogens with zero attached hydrogens (tertiary/aromatic N) is 3. The van der Waals surface area contributed by atoms with Crippen LogP contribution in [0.2, 0.25) is 0 Å². The molecule has 1 saturated heterocycles. The van der Waals surface area contributed by atoms with Gasteiger partial charge in [-0.3, -0.25) is 9.59 Å². The third kappa shape index (κ3) is 4.70. The van der Waals surface area contributed by atoms with Crippen LogP contribution in [-0.2, 0) is 15.8 Å². The first-order valence-corrected chi connectivity index (χ1v) is 12.5. The molecule has 0 radical (unpaired) electrons. The molecule has 5 rings (SSSR count). The molecule has 4 aliphatic rings. The van der Waals surface area contributed by atoms with Crippen molar-refractivity contribution in [2.45, 2.75) is 44.7 Å². The highest BCUT2D eigenvalue weighted by molar-refractivity contribution is 7.15. The van der Waals surface area contributed by atoms with Gasteiger partial charge in [0.25, 0.3) is 0 Å². The molecule has 34 heavy (non-hydrogen) atoms. The number of carbonyl (C=O) groups is 2. The predicted molar refractivity (Wildman–Crippen MR) is 123 cm³/mol. The summed E-state index contributed by atoms with van der Waals surface area (Å²) in [4.78, 5) is 28.7. The van der Waals surface area contributed by atoms with E-state index >= 15 is 0 Å². The van der Waals surface area contributed by atoms with Crippen molar-refractivity contribution >= 4 is 40.7 Å². The lowest BCUT2D eigenvalue weighted by Gasteiger charge is -2.25. The molecule has 2 saturated carbocycles. The van der Waals surface area contributed by atoms with Gasteiger partial charge in [0.2, 0.25) is 22.0 Å². The first-order chi connectivity index (χ1) is 15.8. The van der Waals surface area contributed by atoms with Crippen LogP contribution in [0.5, 0.6) is 0 Å². The molecule has 1 aromatic rings. The normalized spacial score (nSPS) is 28.8. The smallest absolute Gasteiger partial charge is 0.356 e. The number of aromatic nitrogens is 2. The van der Waals surface area contributed by atoms with E-state index in [0.717, 1.165) is 45.3 Å². The molecule has 12 heteroatoms. The summed E-state index contributed by atoms with van der Waals surface area (Å²) in [5.74, 6) is -1.75. The SMILES string of the molecule is Cl.O=C(NCCCCN1CCCC1)[C@H]1[C@H](C(=O)Nc2nnc(C(F)(F)F)s2)[C@@H]2C=C[C@H]1C21CC1. The van der Waals surface area contributed by atoms with Crippen molar-refractivity contribution in [2.75, 3.05) is 31.5 Å². The Morgan fingerprint density at radius 3 is 2.29 bits per heavy atom. The summed E-state index contributed by atoms with van der Waals surface area (Å²) in [6.45, 7) is 3.92. The van der Waals surface area contributed by atoms with E-state index in [0.29, 0.717) is 17.9 Å². The van der Waals surface area contributed by atoms with Crippen LogP contribution in [0.4, 0.5) is 18.3 Å².